The third-order valence-electron chi connectivity index (χ3n) is 1.93. The van der Waals surface area contributed by atoms with Crippen molar-refractivity contribution in [1.82, 2.24) is 10.6 Å². The molecule has 0 spiro atoms. The largest absolute Gasteiger partial charge is 0.355 e. The Morgan fingerprint density at radius 1 is 1.27 bits per heavy atom. The van der Waals surface area contributed by atoms with E-state index in [4.69, 9.17) is 11.6 Å². The van der Waals surface area contributed by atoms with Gasteiger partial charge < -0.3 is 10.6 Å². The van der Waals surface area contributed by atoms with E-state index in [1.165, 1.54) is 0 Å². The van der Waals surface area contributed by atoms with E-state index in [1.54, 1.807) is 13.8 Å². The van der Waals surface area contributed by atoms with Crippen molar-refractivity contribution in [1.29, 1.82) is 0 Å². The van der Waals surface area contributed by atoms with E-state index in [-0.39, 0.29) is 24.2 Å². The summed E-state index contributed by atoms with van der Waals surface area (Å²) in [4.78, 5) is 22.7. The molecule has 0 saturated carbocycles. The average molecular weight is 235 g/mol. The number of rotatable bonds is 6. The molecular weight excluding hydrogens is 216 g/mol. The van der Waals surface area contributed by atoms with E-state index in [0.29, 0.717) is 6.54 Å². The highest BCUT2D eigenvalue weighted by atomic mass is 35.5. The molecule has 0 rings (SSSR count). The number of halogens is 1. The van der Waals surface area contributed by atoms with Crippen LogP contribution < -0.4 is 10.6 Å². The Morgan fingerprint density at radius 2 is 1.87 bits per heavy atom. The lowest BCUT2D eigenvalue weighted by Crippen LogP contribution is -2.43. The number of amides is 2. The fourth-order valence-electron chi connectivity index (χ4n) is 0.787. The van der Waals surface area contributed by atoms with Crippen molar-refractivity contribution < 1.29 is 9.59 Å². The van der Waals surface area contributed by atoms with E-state index >= 15 is 0 Å². The maximum absolute atomic E-state index is 11.5. The average Bonchev–Trinajstić information content (AvgIpc) is 2.22. The summed E-state index contributed by atoms with van der Waals surface area (Å²) < 4.78 is 0. The van der Waals surface area contributed by atoms with Crippen molar-refractivity contribution in [2.45, 2.75) is 27.2 Å². The molecule has 0 aromatic heterocycles. The highest BCUT2D eigenvalue weighted by molar-refractivity contribution is 6.19. The lowest BCUT2D eigenvalue weighted by atomic mass is 9.95. The number of carbonyl (C=O) groups is 2. The Bertz CT molecular complexity index is 229. The standard InChI is InChI=1S/C10H19ClN2O2/c1-4-5-12-8(14)6-13-9(15)10(2,3)7-11/h4-7H2,1-3H3,(H,12,14)(H,13,15). The van der Waals surface area contributed by atoms with E-state index in [1.807, 2.05) is 6.92 Å². The molecule has 0 fully saturated rings. The van der Waals surface area contributed by atoms with Gasteiger partial charge in [-0.3, -0.25) is 9.59 Å². The summed E-state index contributed by atoms with van der Waals surface area (Å²) in [6.45, 7) is 6.08. The summed E-state index contributed by atoms with van der Waals surface area (Å²) in [6, 6.07) is 0. The van der Waals surface area contributed by atoms with Crippen molar-refractivity contribution in [3.63, 3.8) is 0 Å². The highest BCUT2D eigenvalue weighted by Crippen LogP contribution is 2.16. The van der Waals surface area contributed by atoms with Crippen molar-refractivity contribution in [3.05, 3.63) is 0 Å². The first-order valence-corrected chi connectivity index (χ1v) is 5.58. The second kappa shape index (κ2) is 6.67. The quantitative estimate of drug-likeness (QED) is 0.671. The van der Waals surface area contributed by atoms with Gasteiger partial charge in [-0.15, -0.1) is 11.6 Å². The summed E-state index contributed by atoms with van der Waals surface area (Å²) in [6.07, 6.45) is 0.882. The molecule has 0 unspecified atom stereocenters. The molecule has 2 N–H and O–H groups in total. The molecule has 0 radical (unpaired) electrons. The first-order valence-electron chi connectivity index (χ1n) is 5.05. The van der Waals surface area contributed by atoms with Crippen LogP contribution in [0.2, 0.25) is 0 Å². The Hall–Kier alpha value is -0.770. The Labute approximate surface area is 95.7 Å². The SMILES string of the molecule is CCCNC(=O)CNC(=O)C(C)(C)CCl. The number of alkyl halides is 1. The van der Waals surface area contributed by atoms with Crippen LogP contribution in [0.15, 0.2) is 0 Å². The normalized spacial score (nSPS) is 10.9. The number of hydrogen-bond donors (Lipinski definition) is 2. The van der Waals surface area contributed by atoms with Crippen LogP contribution in [0.1, 0.15) is 27.2 Å². The second-order valence-corrected chi connectivity index (χ2v) is 4.32. The van der Waals surface area contributed by atoms with Crippen LogP contribution in [-0.4, -0.2) is 30.8 Å². The summed E-state index contributed by atoms with van der Waals surface area (Å²) in [7, 11) is 0. The Kier molecular flexibility index (Phi) is 6.32. The van der Waals surface area contributed by atoms with Gasteiger partial charge in [0, 0.05) is 12.4 Å². The zero-order valence-electron chi connectivity index (χ0n) is 9.52. The van der Waals surface area contributed by atoms with Gasteiger partial charge in [-0.1, -0.05) is 6.92 Å². The zero-order valence-corrected chi connectivity index (χ0v) is 10.3. The third kappa shape index (κ3) is 5.62. The zero-order chi connectivity index (χ0) is 11.9. The molecule has 0 aromatic carbocycles. The minimum Gasteiger partial charge on any atom is -0.355 e. The fraction of sp³-hybridized carbons (Fsp3) is 0.800. The van der Waals surface area contributed by atoms with Crippen molar-refractivity contribution >= 4 is 23.4 Å². The van der Waals surface area contributed by atoms with Crippen LogP contribution >= 0.6 is 11.6 Å². The minimum absolute atomic E-state index is 0.0130. The number of nitrogens with one attached hydrogen (secondary N) is 2. The van der Waals surface area contributed by atoms with E-state index in [0.717, 1.165) is 6.42 Å². The van der Waals surface area contributed by atoms with Gasteiger partial charge in [0.05, 0.1) is 12.0 Å². The molecule has 4 nitrogen and oxygen atoms in total. The molecule has 0 aliphatic carbocycles. The minimum atomic E-state index is -0.632. The smallest absolute Gasteiger partial charge is 0.239 e. The van der Waals surface area contributed by atoms with Crippen LogP contribution in [0, 0.1) is 5.41 Å². The molecule has 0 bridgehead atoms. The maximum atomic E-state index is 11.5. The van der Waals surface area contributed by atoms with Crippen molar-refractivity contribution in [2.24, 2.45) is 5.41 Å². The van der Waals surface area contributed by atoms with Crippen LogP contribution in [-0.2, 0) is 9.59 Å². The molecule has 5 heteroatoms. The van der Waals surface area contributed by atoms with Gasteiger partial charge in [0.25, 0.3) is 0 Å². The van der Waals surface area contributed by atoms with Gasteiger partial charge in [-0.25, -0.2) is 0 Å². The molecule has 0 saturated heterocycles. The van der Waals surface area contributed by atoms with Gasteiger partial charge in [-0.2, -0.15) is 0 Å². The first-order chi connectivity index (χ1) is 6.94. The van der Waals surface area contributed by atoms with Crippen LogP contribution in [0.3, 0.4) is 0 Å². The van der Waals surface area contributed by atoms with E-state index in [2.05, 4.69) is 10.6 Å². The van der Waals surface area contributed by atoms with Gasteiger partial charge in [-0.05, 0) is 20.3 Å². The molecule has 0 aliphatic rings. The van der Waals surface area contributed by atoms with Gasteiger partial charge in [0.15, 0.2) is 0 Å². The summed E-state index contributed by atoms with van der Waals surface area (Å²) in [5, 5.41) is 5.22. The van der Waals surface area contributed by atoms with Gasteiger partial charge in [0.1, 0.15) is 0 Å². The molecule has 2 amide bonds. The molecule has 15 heavy (non-hydrogen) atoms. The third-order valence-corrected chi connectivity index (χ3v) is 2.60. The topological polar surface area (TPSA) is 58.2 Å². The maximum Gasteiger partial charge on any atom is 0.239 e. The van der Waals surface area contributed by atoms with Gasteiger partial charge >= 0.3 is 0 Å². The predicted octanol–water partition coefficient (Wildman–Crippen LogP) is 0.894. The molecule has 0 heterocycles. The van der Waals surface area contributed by atoms with Crippen LogP contribution in [0.4, 0.5) is 0 Å². The summed E-state index contributed by atoms with van der Waals surface area (Å²) in [5.41, 5.74) is -0.632. The number of hydrogen-bond acceptors (Lipinski definition) is 2. The number of carbonyl (C=O) groups excluding carboxylic acids is 2. The van der Waals surface area contributed by atoms with Crippen molar-refractivity contribution in [2.75, 3.05) is 19.0 Å². The lowest BCUT2D eigenvalue weighted by Gasteiger charge is -2.19. The molecule has 0 aliphatic heterocycles. The van der Waals surface area contributed by atoms with Gasteiger partial charge in [0.2, 0.25) is 11.8 Å². The molecule has 88 valence electrons. The molecule has 0 aromatic rings. The van der Waals surface area contributed by atoms with Crippen LogP contribution in [0.25, 0.3) is 0 Å². The fourth-order valence-corrected chi connectivity index (χ4v) is 0.909. The lowest BCUT2D eigenvalue weighted by molar-refractivity contribution is -0.131. The first kappa shape index (κ1) is 14.2. The monoisotopic (exact) mass is 234 g/mol. The van der Waals surface area contributed by atoms with Crippen LogP contribution in [0.5, 0.6) is 0 Å². The Morgan fingerprint density at radius 3 is 2.33 bits per heavy atom. The van der Waals surface area contributed by atoms with E-state index in [9.17, 15) is 9.59 Å². The van der Waals surface area contributed by atoms with E-state index < -0.39 is 5.41 Å². The highest BCUT2D eigenvalue weighted by Gasteiger charge is 2.26. The summed E-state index contributed by atoms with van der Waals surface area (Å²) >= 11 is 5.63. The summed E-state index contributed by atoms with van der Waals surface area (Å²) in [5.74, 6) is -0.144. The van der Waals surface area contributed by atoms with Crippen molar-refractivity contribution in [3.8, 4) is 0 Å². The second-order valence-electron chi connectivity index (χ2n) is 4.05. The Balaban J connectivity index is 3.85. The molecule has 0 atom stereocenters. The molecular formula is C10H19ClN2O2. The predicted molar refractivity (Wildman–Crippen MR) is 60.8 cm³/mol.